The van der Waals surface area contributed by atoms with Crippen LogP contribution in [0.1, 0.15) is 0 Å². The second-order valence-electron chi connectivity index (χ2n) is 3.71. The molecule has 0 bridgehead atoms. The lowest BCUT2D eigenvalue weighted by atomic mass is 10.1. The first-order chi connectivity index (χ1) is 9.12. The number of aromatic nitrogens is 2. The lowest BCUT2D eigenvalue weighted by molar-refractivity contribution is 0.341. The smallest absolute Gasteiger partial charge is 0.174 e. The van der Waals surface area contributed by atoms with Crippen molar-refractivity contribution in [1.29, 1.82) is 0 Å². The number of rotatable bonds is 4. The second-order valence-corrected chi connectivity index (χ2v) is 3.71. The van der Waals surface area contributed by atoms with E-state index in [1.807, 2.05) is 0 Å². The van der Waals surface area contributed by atoms with Crippen LogP contribution in [0.15, 0.2) is 12.1 Å². The summed E-state index contributed by atoms with van der Waals surface area (Å²) in [5, 5.41) is 6.50. The van der Waals surface area contributed by atoms with Crippen LogP contribution in [0.2, 0.25) is 0 Å². The summed E-state index contributed by atoms with van der Waals surface area (Å²) >= 11 is 0. The van der Waals surface area contributed by atoms with Crippen molar-refractivity contribution in [3.8, 4) is 28.5 Å². The molecule has 0 radical (unpaired) electrons. The highest BCUT2D eigenvalue weighted by molar-refractivity contribution is 5.79. The first kappa shape index (κ1) is 13.0. The minimum absolute atomic E-state index is 0.0290. The summed E-state index contributed by atoms with van der Waals surface area (Å²) < 4.78 is 29.4. The lowest BCUT2D eigenvalue weighted by Crippen LogP contribution is -1.99. The molecule has 7 heteroatoms. The highest BCUT2D eigenvalue weighted by atomic mass is 19.1. The number of anilines is 1. The van der Waals surface area contributed by atoms with Crippen LogP contribution in [0.4, 0.5) is 10.2 Å². The summed E-state index contributed by atoms with van der Waals surface area (Å²) in [5.74, 6) is 0.334. The van der Waals surface area contributed by atoms with Crippen molar-refractivity contribution in [2.75, 3.05) is 27.1 Å². The SMILES string of the molecule is COc1cc(F)c(OC)c(-c2cc(N)n[nH]2)c1OC. The van der Waals surface area contributed by atoms with Gasteiger partial charge in [-0.15, -0.1) is 0 Å². The maximum absolute atomic E-state index is 14.0. The van der Waals surface area contributed by atoms with Crippen LogP contribution in [-0.4, -0.2) is 31.5 Å². The van der Waals surface area contributed by atoms with Crippen molar-refractivity contribution in [1.82, 2.24) is 10.2 Å². The number of halogens is 1. The van der Waals surface area contributed by atoms with Gasteiger partial charge in [0.25, 0.3) is 0 Å². The number of nitrogens with zero attached hydrogens (tertiary/aromatic N) is 1. The minimum Gasteiger partial charge on any atom is -0.493 e. The summed E-state index contributed by atoms with van der Waals surface area (Å²) in [5.41, 5.74) is 6.40. The molecular weight excluding hydrogens is 253 g/mol. The van der Waals surface area contributed by atoms with E-state index in [2.05, 4.69) is 10.2 Å². The highest BCUT2D eigenvalue weighted by Crippen LogP contribution is 2.45. The molecule has 19 heavy (non-hydrogen) atoms. The number of nitrogens with one attached hydrogen (secondary N) is 1. The zero-order chi connectivity index (χ0) is 14.0. The van der Waals surface area contributed by atoms with E-state index in [4.69, 9.17) is 19.9 Å². The molecule has 1 heterocycles. The Labute approximate surface area is 109 Å². The Balaban J connectivity index is 2.77. The number of benzene rings is 1. The fourth-order valence-electron chi connectivity index (χ4n) is 1.86. The summed E-state index contributed by atoms with van der Waals surface area (Å²) in [6, 6.07) is 2.75. The van der Waals surface area contributed by atoms with Gasteiger partial charge in [0.05, 0.1) is 32.6 Å². The second kappa shape index (κ2) is 5.05. The molecule has 102 valence electrons. The number of aromatic amines is 1. The topological polar surface area (TPSA) is 82.4 Å². The summed E-state index contributed by atoms with van der Waals surface area (Å²) in [6.07, 6.45) is 0. The molecule has 0 saturated carbocycles. The number of hydrogen-bond donors (Lipinski definition) is 2. The Morgan fingerprint density at radius 1 is 1.11 bits per heavy atom. The van der Waals surface area contributed by atoms with E-state index in [9.17, 15) is 4.39 Å². The van der Waals surface area contributed by atoms with Gasteiger partial charge < -0.3 is 19.9 Å². The van der Waals surface area contributed by atoms with Crippen molar-refractivity contribution in [2.24, 2.45) is 0 Å². The third-order valence-electron chi connectivity index (χ3n) is 2.65. The predicted octanol–water partition coefficient (Wildman–Crippen LogP) is 1.82. The van der Waals surface area contributed by atoms with E-state index in [1.165, 1.54) is 27.4 Å². The number of nitrogen functional groups attached to an aromatic ring is 1. The average molecular weight is 267 g/mol. The lowest BCUT2D eigenvalue weighted by Gasteiger charge is -2.15. The molecule has 2 aromatic rings. The molecule has 0 saturated heterocycles. The molecule has 3 N–H and O–H groups in total. The maximum atomic E-state index is 14.0. The van der Waals surface area contributed by atoms with E-state index >= 15 is 0 Å². The van der Waals surface area contributed by atoms with Gasteiger partial charge in [-0.05, 0) is 0 Å². The molecule has 0 aliphatic carbocycles. The zero-order valence-corrected chi connectivity index (χ0v) is 10.8. The molecule has 2 rings (SSSR count). The molecule has 1 aromatic heterocycles. The van der Waals surface area contributed by atoms with Crippen molar-refractivity contribution in [3.63, 3.8) is 0 Å². The van der Waals surface area contributed by atoms with Crippen LogP contribution < -0.4 is 19.9 Å². The van der Waals surface area contributed by atoms with E-state index in [0.717, 1.165) is 0 Å². The largest absolute Gasteiger partial charge is 0.493 e. The Hall–Kier alpha value is -2.44. The van der Waals surface area contributed by atoms with Crippen molar-refractivity contribution in [2.45, 2.75) is 0 Å². The van der Waals surface area contributed by atoms with Crippen LogP contribution >= 0.6 is 0 Å². The molecule has 0 amide bonds. The van der Waals surface area contributed by atoms with E-state index < -0.39 is 5.82 Å². The van der Waals surface area contributed by atoms with E-state index in [0.29, 0.717) is 17.0 Å². The van der Waals surface area contributed by atoms with Gasteiger partial charge in [0, 0.05) is 12.1 Å². The van der Waals surface area contributed by atoms with Crippen LogP contribution in [0.5, 0.6) is 17.2 Å². The monoisotopic (exact) mass is 267 g/mol. The van der Waals surface area contributed by atoms with Gasteiger partial charge in [-0.25, -0.2) is 4.39 Å². The summed E-state index contributed by atoms with van der Waals surface area (Å²) in [6.45, 7) is 0. The molecule has 0 atom stereocenters. The maximum Gasteiger partial charge on any atom is 0.174 e. The molecule has 0 spiro atoms. The van der Waals surface area contributed by atoms with Gasteiger partial charge in [0.15, 0.2) is 23.1 Å². The Kier molecular flexibility index (Phi) is 3.46. The fraction of sp³-hybridized carbons (Fsp3) is 0.250. The summed E-state index contributed by atoms with van der Waals surface area (Å²) in [4.78, 5) is 0. The van der Waals surface area contributed by atoms with E-state index in [-0.39, 0.29) is 17.3 Å². The molecular formula is C12H14FN3O3. The minimum atomic E-state index is -0.566. The fourth-order valence-corrected chi connectivity index (χ4v) is 1.86. The molecule has 0 unspecified atom stereocenters. The van der Waals surface area contributed by atoms with Gasteiger partial charge in [0.2, 0.25) is 0 Å². The predicted molar refractivity (Wildman–Crippen MR) is 68.1 cm³/mol. The van der Waals surface area contributed by atoms with Gasteiger partial charge in [-0.1, -0.05) is 0 Å². The molecule has 0 aliphatic heterocycles. The standard InChI is InChI=1S/C12H14FN3O3/c1-17-8-4-6(13)11(18-2)10(12(8)19-3)7-5-9(14)16-15-7/h4-5H,1-3H3,(H3,14,15,16). The van der Waals surface area contributed by atoms with Gasteiger partial charge in [-0.3, -0.25) is 5.10 Å². The van der Waals surface area contributed by atoms with Crippen molar-refractivity contribution in [3.05, 3.63) is 17.9 Å². The number of H-pyrrole nitrogens is 1. The Bertz CT molecular complexity index is 598. The van der Waals surface area contributed by atoms with Crippen molar-refractivity contribution >= 4 is 5.82 Å². The van der Waals surface area contributed by atoms with E-state index in [1.54, 1.807) is 6.07 Å². The molecule has 0 aliphatic rings. The Morgan fingerprint density at radius 3 is 2.26 bits per heavy atom. The highest BCUT2D eigenvalue weighted by Gasteiger charge is 2.23. The average Bonchev–Trinajstić information content (AvgIpc) is 2.83. The summed E-state index contributed by atoms with van der Waals surface area (Å²) in [7, 11) is 4.25. The first-order valence-corrected chi connectivity index (χ1v) is 5.42. The van der Waals surface area contributed by atoms with Gasteiger partial charge in [-0.2, -0.15) is 5.10 Å². The molecule has 6 nitrogen and oxygen atoms in total. The first-order valence-electron chi connectivity index (χ1n) is 5.42. The molecule has 0 fully saturated rings. The Morgan fingerprint density at radius 2 is 1.79 bits per heavy atom. The van der Waals surface area contributed by atoms with Gasteiger partial charge in [0.1, 0.15) is 5.82 Å². The number of nitrogens with two attached hydrogens (primary N) is 1. The quantitative estimate of drug-likeness (QED) is 0.883. The number of hydrogen-bond acceptors (Lipinski definition) is 5. The van der Waals surface area contributed by atoms with Crippen LogP contribution in [0.25, 0.3) is 11.3 Å². The van der Waals surface area contributed by atoms with Crippen LogP contribution in [-0.2, 0) is 0 Å². The van der Waals surface area contributed by atoms with Crippen molar-refractivity contribution < 1.29 is 18.6 Å². The normalized spacial score (nSPS) is 10.3. The van der Waals surface area contributed by atoms with Crippen LogP contribution in [0.3, 0.4) is 0 Å². The van der Waals surface area contributed by atoms with Gasteiger partial charge >= 0.3 is 0 Å². The zero-order valence-electron chi connectivity index (χ0n) is 10.8. The number of ether oxygens (including phenoxy) is 3. The van der Waals surface area contributed by atoms with Crippen LogP contribution in [0, 0.1) is 5.82 Å². The molecule has 1 aromatic carbocycles. The third-order valence-corrected chi connectivity index (χ3v) is 2.65. The number of methoxy groups -OCH3 is 3. The third kappa shape index (κ3) is 2.14.